The Morgan fingerprint density at radius 1 is 0.967 bits per heavy atom. The lowest BCUT2D eigenvalue weighted by molar-refractivity contribution is 0.102. The third kappa shape index (κ3) is 3.97. The fourth-order valence-corrected chi connectivity index (χ4v) is 4.77. The van der Waals surface area contributed by atoms with Crippen LogP contribution in [0.25, 0.3) is 0 Å². The maximum absolute atomic E-state index is 15.5. The van der Waals surface area contributed by atoms with Gasteiger partial charge < -0.3 is 5.32 Å². The number of hydrogen-bond donors (Lipinski definition) is 1. The van der Waals surface area contributed by atoms with Crippen molar-refractivity contribution in [1.29, 1.82) is 0 Å². The van der Waals surface area contributed by atoms with E-state index in [1.54, 1.807) is 24.3 Å². The number of nitrogens with one attached hydrogen (secondary N) is 1. The van der Waals surface area contributed by atoms with Crippen molar-refractivity contribution in [2.45, 2.75) is 38.8 Å². The molecule has 2 atom stereocenters. The van der Waals surface area contributed by atoms with Gasteiger partial charge in [-0.25, -0.2) is 4.39 Å². The number of anilines is 1. The van der Waals surface area contributed by atoms with Crippen LogP contribution in [0, 0.1) is 20.8 Å². The maximum Gasteiger partial charge on any atom is 0.255 e. The van der Waals surface area contributed by atoms with E-state index in [0.717, 1.165) is 36.9 Å². The SMILES string of the molecule is Cc1cc(C)c(NC(=O)c2ccc(C3(F)CC3c3ccc(Br)c(Br)c3)cc2)c(C)c1. The van der Waals surface area contributed by atoms with Gasteiger partial charge in [-0.2, -0.15) is 0 Å². The van der Waals surface area contributed by atoms with Crippen LogP contribution in [0.1, 0.15) is 50.5 Å². The maximum atomic E-state index is 15.5. The Labute approximate surface area is 193 Å². The van der Waals surface area contributed by atoms with Crippen molar-refractivity contribution in [1.82, 2.24) is 0 Å². The summed E-state index contributed by atoms with van der Waals surface area (Å²) >= 11 is 6.94. The number of aryl methyl sites for hydroxylation is 3. The summed E-state index contributed by atoms with van der Waals surface area (Å²) in [4.78, 5) is 12.7. The molecule has 2 unspecified atom stereocenters. The number of halogens is 3. The summed E-state index contributed by atoms with van der Waals surface area (Å²) in [7, 11) is 0. The zero-order valence-electron chi connectivity index (χ0n) is 17.0. The molecule has 0 aromatic heterocycles. The van der Waals surface area contributed by atoms with Gasteiger partial charge in [0.15, 0.2) is 0 Å². The Bertz CT molecular complexity index is 1120. The first-order valence-electron chi connectivity index (χ1n) is 9.82. The molecule has 1 aliphatic carbocycles. The predicted molar refractivity (Wildman–Crippen MR) is 127 cm³/mol. The van der Waals surface area contributed by atoms with Crippen LogP contribution in [-0.2, 0) is 5.67 Å². The average molecular weight is 531 g/mol. The first-order valence-corrected chi connectivity index (χ1v) is 11.4. The van der Waals surface area contributed by atoms with Crippen LogP contribution in [0.2, 0.25) is 0 Å². The van der Waals surface area contributed by atoms with Crippen LogP contribution in [0.15, 0.2) is 63.5 Å². The Morgan fingerprint density at radius 2 is 1.60 bits per heavy atom. The van der Waals surface area contributed by atoms with Crippen molar-refractivity contribution >= 4 is 43.5 Å². The van der Waals surface area contributed by atoms with E-state index in [1.165, 1.54) is 0 Å². The molecular formula is C25H22Br2FNO. The highest BCUT2D eigenvalue weighted by molar-refractivity contribution is 9.13. The Hall–Kier alpha value is -1.98. The van der Waals surface area contributed by atoms with Crippen molar-refractivity contribution in [2.75, 3.05) is 5.32 Å². The molecule has 3 aromatic rings. The number of carbonyl (C=O) groups is 1. The number of benzene rings is 3. The standard InChI is InChI=1S/C25H22Br2FNO/c1-14-10-15(2)23(16(3)11-14)29-24(30)17-4-7-19(8-5-17)25(28)13-20(25)18-6-9-21(26)22(27)12-18/h4-12,20H,13H2,1-3H3,(H,29,30). The van der Waals surface area contributed by atoms with E-state index in [-0.39, 0.29) is 11.8 Å². The molecule has 1 fully saturated rings. The molecule has 154 valence electrons. The summed E-state index contributed by atoms with van der Waals surface area (Å²) in [5.74, 6) is -0.354. The normalized spacial score (nSPS) is 20.1. The fourth-order valence-electron chi connectivity index (χ4n) is 4.13. The lowest BCUT2D eigenvalue weighted by atomic mass is 10.0. The van der Waals surface area contributed by atoms with Crippen molar-refractivity contribution in [2.24, 2.45) is 0 Å². The average Bonchev–Trinajstić information content (AvgIpc) is 3.39. The molecule has 0 heterocycles. The zero-order chi connectivity index (χ0) is 21.6. The molecule has 1 aliphatic rings. The third-order valence-electron chi connectivity index (χ3n) is 5.78. The molecule has 1 N–H and O–H groups in total. The second-order valence-corrected chi connectivity index (χ2v) is 9.81. The summed E-state index contributed by atoms with van der Waals surface area (Å²) < 4.78 is 17.4. The quantitative estimate of drug-likeness (QED) is 0.367. The highest BCUT2D eigenvalue weighted by Gasteiger charge is 2.57. The van der Waals surface area contributed by atoms with Gasteiger partial charge in [-0.15, -0.1) is 0 Å². The van der Waals surface area contributed by atoms with Crippen LogP contribution < -0.4 is 5.32 Å². The first-order chi connectivity index (χ1) is 14.2. The molecule has 1 saturated carbocycles. The van der Waals surface area contributed by atoms with E-state index >= 15 is 4.39 Å². The highest BCUT2D eigenvalue weighted by Crippen LogP contribution is 2.62. The van der Waals surface area contributed by atoms with Crippen LogP contribution in [0.4, 0.5) is 10.1 Å². The number of amides is 1. The topological polar surface area (TPSA) is 29.1 Å². The fraction of sp³-hybridized carbons (Fsp3) is 0.240. The van der Waals surface area contributed by atoms with Gasteiger partial charge in [-0.1, -0.05) is 35.9 Å². The summed E-state index contributed by atoms with van der Waals surface area (Å²) in [5, 5.41) is 3.00. The zero-order valence-corrected chi connectivity index (χ0v) is 20.2. The molecule has 0 saturated heterocycles. The molecule has 3 aromatic carbocycles. The van der Waals surface area contributed by atoms with Gasteiger partial charge in [0.25, 0.3) is 5.91 Å². The molecule has 1 amide bonds. The van der Waals surface area contributed by atoms with Gasteiger partial charge in [0.2, 0.25) is 0 Å². The van der Waals surface area contributed by atoms with Crippen molar-refractivity contribution in [3.05, 3.63) is 96.9 Å². The molecule has 0 bridgehead atoms. The van der Waals surface area contributed by atoms with Gasteiger partial charge >= 0.3 is 0 Å². The van der Waals surface area contributed by atoms with Gasteiger partial charge in [-0.05, 0) is 106 Å². The number of hydrogen-bond acceptors (Lipinski definition) is 1. The minimum Gasteiger partial charge on any atom is -0.322 e. The van der Waals surface area contributed by atoms with E-state index < -0.39 is 5.67 Å². The second kappa shape index (κ2) is 7.93. The van der Waals surface area contributed by atoms with Crippen LogP contribution in [-0.4, -0.2) is 5.91 Å². The Kier molecular flexibility index (Phi) is 5.62. The molecule has 0 spiro atoms. The minimum atomic E-state index is -1.38. The molecule has 5 heteroatoms. The smallest absolute Gasteiger partial charge is 0.255 e. The van der Waals surface area contributed by atoms with E-state index in [1.807, 2.05) is 51.1 Å². The summed E-state index contributed by atoms with van der Waals surface area (Å²) in [6.07, 6.45) is 0.453. The summed E-state index contributed by atoms with van der Waals surface area (Å²) in [5.41, 5.74) is 4.78. The van der Waals surface area contributed by atoms with Crippen LogP contribution >= 0.6 is 31.9 Å². The lowest BCUT2D eigenvalue weighted by Crippen LogP contribution is -2.14. The van der Waals surface area contributed by atoms with Crippen molar-refractivity contribution in [3.8, 4) is 0 Å². The van der Waals surface area contributed by atoms with Crippen molar-refractivity contribution < 1.29 is 9.18 Å². The number of rotatable bonds is 4. The summed E-state index contributed by atoms with van der Waals surface area (Å²) in [6.45, 7) is 6.01. The van der Waals surface area contributed by atoms with Gasteiger partial charge in [0.05, 0.1) is 0 Å². The van der Waals surface area contributed by atoms with E-state index in [4.69, 9.17) is 0 Å². The molecule has 0 aliphatic heterocycles. The monoisotopic (exact) mass is 529 g/mol. The van der Waals surface area contributed by atoms with Gasteiger partial charge in [0, 0.05) is 26.1 Å². The molecular weight excluding hydrogens is 509 g/mol. The molecule has 4 rings (SSSR count). The van der Waals surface area contributed by atoms with E-state index in [0.29, 0.717) is 17.5 Å². The molecule has 30 heavy (non-hydrogen) atoms. The molecule has 2 nitrogen and oxygen atoms in total. The third-order valence-corrected chi connectivity index (χ3v) is 7.66. The van der Waals surface area contributed by atoms with Crippen LogP contribution in [0.5, 0.6) is 0 Å². The van der Waals surface area contributed by atoms with Gasteiger partial charge in [-0.3, -0.25) is 4.79 Å². The lowest BCUT2D eigenvalue weighted by Gasteiger charge is -2.14. The number of carbonyl (C=O) groups excluding carboxylic acids is 1. The van der Waals surface area contributed by atoms with E-state index in [2.05, 4.69) is 37.2 Å². The Morgan fingerprint density at radius 3 is 2.20 bits per heavy atom. The number of alkyl halides is 1. The highest BCUT2D eigenvalue weighted by atomic mass is 79.9. The minimum absolute atomic E-state index is 0.167. The summed E-state index contributed by atoms with van der Waals surface area (Å²) in [6, 6.07) is 16.8. The Balaban J connectivity index is 1.51. The van der Waals surface area contributed by atoms with E-state index in [9.17, 15) is 4.79 Å². The first kappa shape index (κ1) is 21.3. The second-order valence-electron chi connectivity index (χ2n) is 8.10. The molecule has 0 radical (unpaired) electrons. The largest absolute Gasteiger partial charge is 0.322 e. The van der Waals surface area contributed by atoms with Crippen molar-refractivity contribution in [3.63, 3.8) is 0 Å². The van der Waals surface area contributed by atoms with Crippen LogP contribution in [0.3, 0.4) is 0 Å². The predicted octanol–water partition coefficient (Wildman–Crippen LogP) is 7.74. The van der Waals surface area contributed by atoms with Gasteiger partial charge in [0.1, 0.15) is 5.67 Å².